The van der Waals surface area contributed by atoms with Crippen molar-refractivity contribution in [2.24, 2.45) is 11.7 Å². The van der Waals surface area contributed by atoms with Crippen LogP contribution in [-0.4, -0.2) is 24.0 Å². The average molecular weight is 287 g/mol. The molecule has 0 spiro atoms. The van der Waals surface area contributed by atoms with Crippen LogP contribution in [0.25, 0.3) is 11.3 Å². The van der Waals surface area contributed by atoms with Crippen LogP contribution in [0.4, 0.5) is 0 Å². The lowest BCUT2D eigenvalue weighted by atomic mass is 10.2. The zero-order valence-electron chi connectivity index (χ0n) is 12.2. The van der Waals surface area contributed by atoms with Gasteiger partial charge in [0.25, 0.3) is 0 Å². The van der Waals surface area contributed by atoms with Crippen LogP contribution in [0.15, 0.2) is 40.9 Å². The van der Waals surface area contributed by atoms with Crippen molar-refractivity contribution in [3.63, 3.8) is 0 Å². The Kier molecular flexibility index (Phi) is 5.51. The number of nitrogens with zero attached hydrogens (tertiary/aromatic N) is 1. The standard InChI is InChI=1S/C16H21N3O2/c1-12(9-17)10-18-15(20)7-8-16-19-11-14(21-16)13-5-3-2-4-6-13/h2-6,11-12H,7-10,17H2,1H3,(H,18,20). The van der Waals surface area contributed by atoms with E-state index in [2.05, 4.69) is 10.3 Å². The molecule has 1 atom stereocenters. The third-order valence-corrected chi connectivity index (χ3v) is 3.23. The summed E-state index contributed by atoms with van der Waals surface area (Å²) in [5.41, 5.74) is 6.49. The van der Waals surface area contributed by atoms with Crippen LogP contribution in [0.3, 0.4) is 0 Å². The molecule has 0 aliphatic rings. The summed E-state index contributed by atoms with van der Waals surface area (Å²) in [6.45, 7) is 3.18. The first kappa shape index (κ1) is 15.3. The summed E-state index contributed by atoms with van der Waals surface area (Å²) in [6, 6.07) is 9.77. The van der Waals surface area contributed by atoms with Crippen LogP contribution in [-0.2, 0) is 11.2 Å². The van der Waals surface area contributed by atoms with Crippen molar-refractivity contribution >= 4 is 5.91 Å². The van der Waals surface area contributed by atoms with Crippen LogP contribution in [0.2, 0.25) is 0 Å². The maximum absolute atomic E-state index is 11.7. The molecule has 1 aromatic heterocycles. The summed E-state index contributed by atoms with van der Waals surface area (Å²) in [7, 11) is 0. The number of nitrogens with two attached hydrogens (primary N) is 1. The van der Waals surface area contributed by atoms with Crippen molar-refractivity contribution in [1.29, 1.82) is 0 Å². The first-order valence-corrected chi connectivity index (χ1v) is 7.16. The zero-order chi connectivity index (χ0) is 15.1. The van der Waals surface area contributed by atoms with Gasteiger partial charge in [-0.25, -0.2) is 4.98 Å². The van der Waals surface area contributed by atoms with E-state index < -0.39 is 0 Å². The normalized spacial score (nSPS) is 12.1. The second-order valence-corrected chi connectivity index (χ2v) is 5.13. The minimum atomic E-state index is -0.00485. The van der Waals surface area contributed by atoms with Crippen LogP contribution in [0.1, 0.15) is 19.2 Å². The van der Waals surface area contributed by atoms with Crippen molar-refractivity contribution in [1.82, 2.24) is 10.3 Å². The SMILES string of the molecule is CC(CN)CNC(=O)CCc1ncc(-c2ccccc2)o1. The Morgan fingerprint density at radius 3 is 2.86 bits per heavy atom. The number of oxazole rings is 1. The number of carbonyl (C=O) groups is 1. The Labute approximate surface area is 124 Å². The highest BCUT2D eigenvalue weighted by atomic mass is 16.4. The molecule has 112 valence electrons. The molecule has 2 aromatic rings. The lowest BCUT2D eigenvalue weighted by Gasteiger charge is -2.09. The van der Waals surface area contributed by atoms with Crippen LogP contribution >= 0.6 is 0 Å². The van der Waals surface area contributed by atoms with E-state index in [0.29, 0.717) is 37.7 Å². The van der Waals surface area contributed by atoms with Crippen molar-refractivity contribution in [3.8, 4) is 11.3 Å². The molecule has 2 rings (SSSR count). The lowest BCUT2D eigenvalue weighted by Crippen LogP contribution is -2.31. The quantitative estimate of drug-likeness (QED) is 0.816. The van der Waals surface area contributed by atoms with Gasteiger partial charge in [0.2, 0.25) is 5.91 Å². The highest BCUT2D eigenvalue weighted by Crippen LogP contribution is 2.20. The van der Waals surface area contributed by atoms with Gasteiger partial charge >= 0.3 is 0 Å². The Morgan fingerprint density at radius 2 is 2.14 bits per heavy atom. The molecule has 0 radical (unpaired) electrons. The largest absolute Gasteiger partial charge is 0.441 e. The molecule has 0 fully saturated rings. The minimum absolute atomic E-state index is 0.00485. The van der Waals surface area contributed by atoms with Gasteiger partial charge in [0.15, 0.2) is 11.7 Å². The zero-order valence-corrected chi connectivity index (χ0v) is 12.2. The fourth-order valence-electron chi connectivity index (χ4n) is 1.84. The molecular weight excluding hydrogens is 266 g/mol. The lowest BCUT2D eigenvalue weighted by molar-refractivity contribution is -0.121. The van der Waals surface area contributed by atoms with E-state index in [1.807, 2.05) is 37.3 Å². The minimum Gasteiger partial charge on any atom is -0.441 e. The molecule has 1 unspecified atom stereocenters. The fraction of sp³-hybridized carbons (Fsp3) is 0.375. The Bertz CT molecular complexity index is 566. The highest BCUT2D eigenvalue weighted by molar-refractivity contribution is 5.76. The number of carbonyl (C=O) groups excluding carboxylic acids is 1. The number of hydrogen-bond acceptors (Lipinski definition) is 4. The molecule has 5 heteroatoms. The molecular formula is C16H21N3O2. The van der Waals surface area contributed by atoms with Crippen LogP contribution in [0, 0.1) is 5.92 Å². The monoisotopic (exact) mass is 287 g/mol. The van der Waals surface area contributed by atoms with Gasteiger partial charge in [0.05, 0.1) is 6.20 Å². The maximum Gasteiger partial charge on any atom is 0.220 e. The molecule has 3 N–H and O–H groups in total. The molecule has 1 aromatic carbocycles. The maximum atomic E-state index is 11.7. The third kappa shape index (κ3) is 4.72. The summed E-state index contributed by atoms with van der Waals surface area (Å²) in [5, 5.41) is 2.85. The summed E-state index contributed by atoms with van der Waals surface area (Å²) in [5.74, 6) is 1.59. The summed E-state index contributed by atoms with van der Waals surface area (Å²) in [4.78, 5) is 15.9. The fourth-order valence-corrected chi connectivity index (χ4v) is 1.84. The van der Waals surface area contributed by atoms with E-state index in [0.717, 1.165) is 11.3 Å². The van der Waals surface area contributed by atoms with Gasteiger partial charge in [-0.15, -0.1) is 0 Å². The van der Waals surface area contributed by atoms with Gasteiger partial charge in [-0.1, -0.05) is 37.3 Å². The van der Waals surface area contributed by atoms with E-state index in [1.54, 1.807) is 6.20 Å². The predicted octanol–water partition coefficient (Wildman–Crippen LogP) is 1.99. The predicted molar refractivity (Wildman–Crippen MR) is 81.5 cm³/mol. The Balaban J connectivity index is 1.82. The molecule has 1 heterocycles. The summed E-state index contributed by atoms with van der Waals surface area (Å²) < 4.78 is 5.66. The number of benzene rings is 1. The number of rotatable bonds is 7. The number of amides is 1. The summed E-state index contributed by atoms with van der Waals surface area (Å²) >= 11 is 0. The molecule has 5 nitrogen and oxygen atoms in total. The Hall–Kier alpha value is -2.14. The van der Waals surface area contributed by atoms with E-state index in [1.165, 1.54) is 0 Å². The van der Waals surface area contributed by atoms with Crippen LogP contribution < -0.4 is 11.1 Å². The molecule has 0 saturated carbocycles. The summed E-state index contributed by atoms with van der Waals surface area (Å²) in [6.07, 6.45) is 2.56. The van der Waals surface area contributed by atoms with Crippen molar-refractivity contribution in [2.45, 2.75) is 19.8 Å². The smallest absolute Gasteiger partial charge is 0.220 e. The Morgan fingerprint density at radius 1 is 1.38 bits per heavy atom. The van der Waals surface area contributed by atoms with Crippen molar-refractivity contribution < 1.29 is 9.21 Å². The number of aryl methyl sites for hydroxylation is 1. The third-order valence-electron chi connectivity index (χ3n) is 3.23. The van der Waals surface area contributed by atoms with Gasteiger partial charge < -0.3 is 15.5 Å². The molecule has 0 bridgehead atoms. The van der Waals surface area contributed by atoms with E-state index in [9.17, 15) is 4.79 Å². The van der Waals surface area contributed by atoms with E-state index in [-0.39, 0.29) is 5.91 Å². The molecule has 0 aliphatic carbocycles. The number of nitrogens with one attached hydrogen (secondary N) is 1. The van der Waals surface area contributed by atoms with Gasteiger partial charge in [-0.05, 0) is 12.5 Å². The average Bonchev–Trinajstić information content (AvgIpc) is 3.00. The second kappa shape index (κ2) is 7.59. The van der Waals surface area contributed by atoms with Gasteiger partial charge in [0.1, 0.15) is 0 Å². The van der Waals surface area contributed by atoms with Crippen LogP contribution in [0.5, 0.6) is 0 Å². The number of aromatic nitrogens is 1. The first-order valence-electron chi connectivity index (χ1n) is 7.16. The van der Waals surface area contributed by atoms with Crippen molar-refractivity contribution in [3.05, 3.63) is 42.4 Å². The molecule has 21 heavy (non-hydrogen) atoms. The van der Waals surface area contributed by atoms with Gasteiger partial charge in [0, 0.05) is 24.9 Å². The first-order chi connectivity index (χ1) is 10.2. The van der Waals surface area contributed by atoms with E-state index >= 15 is 0 Å². The van der Waals surface area contributed by atoms with Crippen molar-refractivity contribution in [2.75, 3.05) is 13.1 Å². The molecule has 1 amide bonds. The molecule has 0 saturated heterocycles. The topological polar surface area (TPSA) is 81.1 Å². The number of hydrogen-bond donors (Lipinski definition) is 2. The van der Waals surface area contributed by atoms with Gasteiger partial charge in [-0.3, -0.25) is 4.79 Å². The highest BCUT2D eigenvalue weighted by Gasteiger charge is 2.09. The second-order valence-electron chi connectivity index (χ2n) is 5.13. The van der Waals surface area contributed by atoms with Gasteiger partial charge in [-0.2, -0.15) is 0 Å². The van der Waals surface area contributed by atoms with E-state index in [4.69, 9.17) is 10.2 Å². The molecule has 0 aliphatic heterocycles.